The van der Waals surface area contributed by atoms with Crippen molar-refractivity contribution in [2.24, 2.45) is 0 Å². The normalized spacial score (nSPS) is 18.4. The molecule has 0 aromatic carbocycles. The molecule has 7 heteroatoms. The summed E-state index contributed by atoms with van der Waals surface area (Å²) in [7, 11) is 0. The molecule has 6 nitrogen and oxygen atoms in total. The van der Waals surface area contributed by atoms with Crippen LogP contribution in [0.1, 0.15) is 23.8 Å². The SMILES string of the molecule is CC(=O)c1ccc2nc(Cl)c(N[C@@H]3CCOC3)nc2n1. The molecule has 0 bridgehead atoms. The van der Waals surface area contributed by atoms with E-state index in [0.29, 0.717) is 34.4 Å². The molecule has 0 spiro atoms. The number of carbonyl (C=O) groups is 1. The first kappa shape index (κ1) is 13.2. The Morgan fingerprint density at radius 1 is 1.40 bits per heavy atom. The number of aromatic nitrogens is 3. The molecule has 3 rings (SSSR count). The average Bonchev–Trinajstić information content (AvgIpc) is 2.92. The largest absolute Gasteiger partial charge is 0.379 e. The number of hydrogen-bond acceptors (Lipinski definition) is 6. The van der Waals surface area contributed by atoms with Gasteiger partial charge in [0, 0.05) is 13.5 Å². The maximum atomic E-state index is 11.4. The summed E-state index contributed by atoms with van der Waals surface area (Å²) in [6, 6.07) is 3.49. The van der Waals surface area contributed by atoms with Gasteiger partial charge >= 0.3 is 0 Å². The van der Waals surface area contributed by atoms with Gasteiger partial charge in [-0.3, -0.25) is 4.79 Å². The Morgan fingerprint density at radius 3 is 2.95 bits per heavy atom. The summed E-state index contributed by atoms with van der Waals surface area (Å²) in [4.78, 5) is 24.1. The molecule has 1 saturated heterocycles. The first-order valence-corrected chi connectivity index (χ1v) is 6.71. The number of ketones is 1. The molecular weight excluding hydrogens is 280 g/mol. The average molecular weight is 293 g/mol. The van der Waals surface area contributed by atoms with Gasteiger partial charge in [0.25, 0.3) is 0 Å². The van der Waals surface area contributed by atoms with Gasteiger partial charge in [-0.2, -0.15) is 0 Å². The number of fused-ring (bicyclic) bond motifs is 1. The highest BCUT2D eigenvalue weighted by Gasteiger charge is 2.18. The Balaban J connectivity index is 1.98. The van der Waals surface area contributed by atoms with Crippen molar-refractivity contribution >= 4 is 34.4 Å². The van der Waals surface area contributed by atoms with E-state index in [2.05, 4.69) is 20.3 Å². The Labute approximate surface area is 120 Å². The molecule has 2 aromatic heterocycles. The summed E-state index contributed by atoms with van der Waals surface area (Å²) in [5.74, 6) is 0.366. The van der Waals surface area contributed by atoms with E-state index in [-0.39, 0.29) is 11.8 Å². The van der Waals surface area contributed by atoms with Gasteiger partial charge in [0.2, 0.25) is 0 Å². The van der Waals surface area contributed by atoms with E-state index in [1.165, 1.54) is 6.92 Å². The molecule has 1 aliphatic rings. The summed E-state index contributed by atoms with van der Waals surface area (Å²) in [6.07, 6.45) is 0.900. The lowest BCUT2D eigenvalue weighted by atomic mass is 10.2. The third kappa shape index (κ3) is 2.57. The van der Waals surface area contributed by atoms with Gasteiger partial charge in [0.15, 0.2) is 22.4 Å². The summed E-state index contributed by atoms with van der Waals surface area (Å²) < 4.78 is 5.29. The van der Waals surface area contributed by atoms with Gasteiger partial charge in [0.1, 0.15) is 11.2 Å². The fourth-order valence-corrected chi connectivity index (χ4v) is 2.24. The fourth-order valence-electron chi connectivity index (χ4n) is 2.05. The van der Waals surface area contributed by atoms with Gasteiger partial charge in [-0.05, 0) is 18.6 Å². The summed E-state index contributed by atoms with van der Waals surface area (Å²) in [6.45, 7) is 2.81. The molecule has 20 heavy (non-hydrogen) atoms. The Kier molecular flexibility index (Phi) is 3.50. The predicted molar refractivity (Wildman–Crippen MR) is 75.2 cm³/mol. The number of pyridine rings is 1. The van der Waals surface area contributed by atoms with Crippen LogP contribution in [-0.4, -0.2) is 40.0 Å². The number of Topliss-reactive ketones (excluding diaryl/α,β-unsaturated/α-hetero) is 1. The highest BCUT2D eigenvalue weighted by Crippen LogP contribution is 2.22. The van der Waals surface area contributed by atoms with Crippen LogP contribution in [0.25, 0.3) is 11.2 Å². The second-order valence-electron chi connectivity index (χ2n) is 4.66. The minimum Gasteiger partial charge on any atom is -0.379 e. The molecule has 1 atom stereocenters. The zero-order valence-electron chi connectivity index (χ0n) is 10.9. The number of halogens is 1. The highest BCUT2D eigenvalue weighted by molar-refractivity contribution is 6.32. The summed E-state index contributed by atoms with van der Waals surface area (Å²) >= 11 is 6.11. The third-order valence-electron chi connectivity index (χ3n) is 3.12. The topological polar surface area (TPSA) is 77.0 Å². The van der Waals surface area contributed by atoms with Crippen molar-refractivity contribution in [3.05, 3.63) is 23.0 Å². The molecule has 1 N–H and O–H groups in total. The minimum absolute atomic E-state index is 0.109. The second-order valence-corrected chi connectivity index (χ2v) is 5.02. The first-order valence-electron chi connectivity index (χ1n) is 6.33. The molecule has 0 aliphatic carbocycles. The molecule has 3 heterocycles. The van der Waals surface area contributed by atoms with Gasteiger partial charge in [-0.1, -0.05) is 11.6 Å². The maximum absolute atomic E-state index is 11.4. The van der Waals surface area contributed by atoms with E-state index in [1.54, 1.807) is 12.1 Å². The van der Waals surface area contributed by atoms with Crippen LogP contribution >= 0.6 is 11.6 Å². The standard InChI is InChI=1S/C13H13ClN4O2/c1-7(19)9-2-3-10-12(17-9)18-13(11(14)16-10)15-8-4-5-20-6-8/h2-3,8H,4-6H2,1H3,(H,15,17,18)/t8-/m1/s1. The van der Waals surface area contributed by atoms with Crippen molar-refractivity contribution in [2.75, 3.05) is 18.5 Å². The summed E-state index contributed by atoms with van der Waals surface area (Å²) in [5.41, 5.74) is 1.33. The van der Waals surface area contributed by atoms with Gasteiger partial charge in [-0.25, -0.2) is 15.0 Å². The van der Waals surface area contributed by atoms with Crippen LogP contribution in [0.2, 0.25) is 5.15 Å². The zero-order chi connectivity index (χ0) is 14.1. The number of carbonyl (C=O) groups excluding carboxylic acids is 1. The molecule has 0 radical (unpaired) electrons. The van der Waals surface area contributed by atoms with E-state index in [1.807, 2.05) is 0 Å². The minimum atomic E-state index is -0.109. The van der Waals surface area contributed by atoms with E-state index in [9.17, 15) is 4.79 Å². The summed E-state index contributed by atoms with van der Waals surface area (Å²) in [5, 5.41) is 3.49. The Hall–Kier alpha value is -1.79. The van der Waals surface area contributed by atoms with E-state index in [4.69, 9.17) is 16.3 Å². The first-order chi connectivity index (χ1) is 9.63. The Morgan fingerprint density at radius 2 is 2.25 bits per heavy atom. The van der Waals surface area contributed by atoms with Crippen LogP contribution in [-0.2, 0) is 4.74 Å². The Bertz CT molecular complexity index is 671. The molecule has 0 unspecified atom stereocenters. The van der Waals surface area contributed by atoms with Gasteiger partial charge in [0.05, 0.1) is 12.6 Å². The van der Waals surface area contributed by atoms with Crippen molar-refractivity contribution in [3.63, 3.8) is 0 Å². The van der Waals surface area contributed by atoms with Crippen LogP contribution < -0.4 is 5.32 Å². The van der Waals surface area contributed by atoms with Crippen LogP contribution in [0.4, 0.5) is 5.82 Å². The zero-order valence-corrected chi connectivity index (χ0v) is 11.6. The molecule has 1 aliphatic heterocycles. The fraction of sp³-hybridized carbons (Fsp3) is 0.385. The van der Waals surface area contributed by atoms with Crippen molar-refractivity contribution < 1.29 is 9.53 Å². The molecular formula is C13H13ClN4O2. The number of anilines is 1. The van der Waals surface area contributed by atoms with Crippen molar-refractivity contribution in [1.82, 2.24) is 15.0 Å². The predicted octanol–water partition coefficient (Wildman–Crippen LogP) is 2.08. The van der Waals surface area contributed by atoms with E-state index >= 15 is 0 Å². The number of ether oxygens (including phenoxy) is 1. The quantitative estimate of drug-likeness (QED) is 0.873. The van der Waals surface area contributed by atoms with Crippen LogP contribution in [0.5, 0.6) is 0 Å². The maximum Gasteiger partial charge on any atom is 0.181 e. The van der Waals surface area contributed by atoms with Crippen molar-refractivity contribution in [2.45, 2.75) is 19.4 Å². The number of nitrogens with zero attached hydrogens (tertiary/aromatic N) is 3. The second kappa shape index (κ2) is 5.30. The number of hydrogen-bond donors (Lipinski definition) is 1. The smallest absolute Gasteiger partial charge is 0.181 e. The lowest BCUT2D eigenvalue weighted by Crippen LogP contribution is -2.20. The monoisotopic (exact) mass is 292 g/mol. The van der Waals surface area contributed by atoms with Crippen LogP contribution in [0.15, 0.2) is 12.1 Å². The third-order valence-corrected chi connectivity index (χ3v) is 3.38. The lowest BCUT2D eigenvalue weighted by Gasteiger charge is -2.12. The molecule has 0 saturated carbocycles. The highest BCUT2D eigenvalue weighted by atomic mass is 35.5. The molecule has 1 fully saturated rings. The van der Waals surface area contributed by atoms with Crippen LogP contribution in [0, 0.1) is 0 Å². The number of nitrogens with one attached hydrogen (secondary N) is 1. The lowest BCUT2D eigenvalue weighted by molar-refractivity contribution is 0.101. The van der Waals surface area contributed by atoms with E-state index < -0.39 is 0 Å². The molecule has 0 amide bonds. The number of rotatable bonds is 3. The van der Waals surface area contributed by atoms with Crippen molar-refractivity contribution in [3.8, 4) is 0 Å². The molecule has 2 aromatic rings. The molecule has 104 valence electrons. The van der Waals surface area contributed by atoms with Crippen LogP contribution in [0.3, 0.4) is 0 Å². The van der Waals surface area contributed by atoms with Gasteiger partial charge < -0.3 is 10.1 Å². The van der Waals surface area contributed by atoms with E-state index in [0.717, 1.165) is 13.0 Å². The van der Waals surface area contributed by atoms with Gasteiger partial charge in [-0.15, -0.1) is 0 Å². The van der Waals surface area contributed by atoms with Crippen molar-refractivity contribution in [1.29, 1.82) is 0 Å².